The standard InChI is InChI=1S/C9H10F3NO2/c10-9(11,12)15-7-3-1-6(2-4-7)5-8(13)14/h1-4,8,14H,5,13H2. The molecule has 0 spiro atoms. The minimum absolute atomic E-state index is 0.187. The Labute approximate surface area is 84.3 Å². The van der Waals surface area contributed by atoms with E-state index >= 15 is 0 Å². The summed E-state index contributed by atoms with van der Waals surface area (Å²) in [4.78, 5) is 0. The molecule has 6 heteroatoms. The number of aliphatic hydroxyl groups is 1. The third kappa shape index (κ3) is 4.66. The summed E-state index contributed by atoms with van der Waals surface area (Å²) in [6.45, 7) is 0. The van der Waals surface area contributed by atoms with E-state index in [1.807, 2.05) is 0 Å². The van der Waals surface area contributed by atoms with Gasteiger partial charge < -0.3 is 15.6 Å². The Kier molecular flexibility index (Phi) is 3.54. The van der Waals surface area contributed by atoms with Gasteiger partial charge in [0.2, 0.25) is 0 Å². The number of rotatable bonds is 3. The predicted octanol–water partition coefficient (Wildman–Crippen LogP) is 1.40. The average Bonchev–Trinajstić information content (AvgIpc) is 2.05. The van der Waals surface area contributed by atoms with E-state index < -0.39 is 12.6 Å². The van der Waals surface area contributed by atoms with Crippen LogP contribution in [0.5, 0.6) is 5.75 Å². The van der Waals surface area contributed by atoms with Gasteiger partial charge in [-0.25, -0.2) is 0 Å². The highest BCUT2D eigenvalue weighted by Crippen LogP contribution is 2.22. The highest BCUT2D eigenvalue weighted by Gasteiger charge is 2.30. The fraction of sp³-hybridized carbons (Fsp3) is 0.333. The molecule has 1 rings (SSSR count). The van der Waals surface area contributed by atoms with Crippen LogP contribution in [0.2, 0.25) is 0 Å². The van der Waals surface area contributed by atoms with E-state index in [2.05, 4.69) is 4.74 Å². The van der Waals surface area contributed by atoms with Crippen molar-refractivity contribution >= 4 is 0 Å². The van der Waals surface area contributed by atoms with Gasteiger partial charge in [0.25, 0.3) is 0 Å². The van der Waals surface area contributed by atoms with Crippen molar-refractivity contribution in [2.75, 3.05) is 0 Å². The topological polar surface area (TPSA) is 55.5 Å². The molecule has 3 nitrogen and oxygen atoms in total. The van der Waals surface area contributed by atoms with Crippen LogP contribution in [0.4, 0.5) is 13.2 Å². The van der Waals surface area contributed by atoms with Crippen LogP contribution in [0, 0.1) is 0 Å². The summed E-state index contributed by atoms with van der Waals surface area (Å²) in [5.74, 6) is -0.294. The molecule has 0 aliphatic carbocycles. The summed E-state index contributed by atoms with van der Waals surface area (Å²) in [6.07, 6.45) is -5.51. The zero-order chi connectivity index (χ0) is 11.5. The van der Waals surface area contributed by atoms with Gasteiger partial charge in [-0.2, -0.15) is 0 Å². The number of benzene rings is 1. The Morgan fingerprint density at radius 1 is 1.27 bits per heavy atom. The normalized spacial score (nSPS) is 13.7. The van der Waals surface area contributed by atoms with E-state index in [4.69, 9.17) is 10.8 Å². The second kappa shape index (κ2) is 4.50. The van der Waals surface area contributed by atoms with E-state index in [1.54, 1.807) is 0 Å². The average molecular weight is 221 g/mol. The molecule has 1 aromatic rings. The van der Waals surface area contributed by atoms with Crippen LogP contribution in [0.25, 0.3) is 0 Å². The van der Waals surface area contributed by atoms with Gasteiger partial charge in [0, 0.05) is 6.42 Å². The molecule has 0 saturated heterocycles. The molecule has 0 bridgehead atoms. The number of ether oxygens (including phenoxy) is 1. The number of aliphatic hydroxyl groups excluding tert-OH is 1. The monoisotopic (exact) mass is 221 g/mol. The summed E-state index contributed by atoms with van der Waals surface area (Å²) >= 11 is 0. The third-order valence-electron chi connectivity index (χ3n) is 1.60. The van der Waals surface area contributed by atoms with Crippen LogP contribution in [0.3, 0.4) is 0 Å². The Bertz CT molecular complexity index is 308. The molecule has 0 saturated carbocycles. The Balaban J connectivity index is 2.64. The zero-order valence-corrected chi connectivity index (χ0v) is 7.66. The van der Waals surface area contributed by atoms with Crippen molar-refractivity contribution in [2.24, 2.45) is 5.73 Å². The predicted molar refractivity (Wildman–Crippen MR) is 47.0 cm³/mol. The van der Waals surface area contributed by atoms with E-state index in [0.29, 0.717) is 5.56 Å². The van der Waals surface area contributed by atoms with Crippen LogP contribution in [-0.2, 0) is 6.42 Å². The highest BCUT2D eigenvalue weighted by atomic mass is 19.4. The summed E-state index contributed by atoms with van der Waals surface area (Å²) in [5.41, 5.74) is 5.75. The molecule has 84 valence electrons. The van der Waals surface area contributed by atoms with E-state index in [9.17, 15) is 13.2 Å². The lowest BCUT2D eigenvalue weighted by Gasteiger charge is -2.09. The molecule has 1 aromatic carbocycles. The molecule has 0 amide bonds. The minimum Gasteiger partial charge on any atom is -0.406 e. The lowest BCUT2D eigenvalue weighted by Crippen LogP contribution is -2.21. The molecule has 0 radical (unpaired) electrons. The molecule has 0 aliphatic rings. The first-order valence-corrected chi connectivity index (χ1v) is 4.15. The molecule has 0 aliphatic heterocycles. The van der Waals surface area contributed by atoms with Crippen molar-refractivity contribution in [1.29, 1.82) is 0 Å². The van der Waals surface area contributed by atoms with Gasteiger partial charge in [-0.1, -0.05) is 12.1 Å². The smallest absolute Gasteiger partial charge is 0.406 e. The fourth-order valence-corrected chi connectivity index (χ4v) is 1.07. The van der Waals surface area contributed by atoms with Crippen LogP contribution >= 0.6 is 0 Å². The van der Waals surface area contributed by atoms with Crippen molar-refractivity contribution < 1.29 is 23.0 Å². The van der Waals surface area contributed by atoms with Crippen LogP contribution in [0.1, 0.15) is 5.56 Å². The molecule has 15 heavy (non-hydrogen) atoms. The van der Waals surface area contributed by atoms with Gasteiger partial charge >= 0.3 is 6.36 Å². The van der Waals surface area contributed by atoms with Gasteiger partial charge in [0.05, 0.1) is 0 Å². The van der Waals surface area contributed by atoms with Gasteiger partial charge in [0.1, 0.15) is 12.0 Å². The van der Waals surface area contributed by atoms with Crippen molar-refractivity contribution in [3.63, 3.8) is 0 Å². The lowest BCUT2D eigenvalue weighted by molar-refractivity contribution is -0.274. The van der Waals surface area contributed by atoms with E-state index in [-0.39, 0.29) is 12.2 Å². The van der Waals surface area contributed by atoms with Gasteiger partial charge in [-0.05, 0) is 17.7 Å². The first kappa shape index (κ1) is 11.8. The van der Waals surface area contributed by atoms with E-state index in [0.717, 1.165) is 0 Å². The Morgan fingerprint density at radius 3 is 2.20 bits per heavy atom. The van der Waals surface area contributed by atoms with Gasteiger partial charge in [-0.3, -0.25) is 0 Å². The van der Waals surface area contributed by atoms with Crippen molar-refractivity contribution in [2.45, 2.75) is 19.0 Å². The molecular formula is C9H10F3NO2. The largest absolute Gasteiger partial charge is 0.573 e. The number of hydrogen-bond donors (Lipinski definition) is 2. The Morgan fingerprint density at radius 2 is 1.80 bits per heavy atom. The molecule has 3 N–H and O–H groups in total. The second-order valence-electron chi connectivity index (χ2n) is 2.96. The van der Waals surface area contributed by atoms with Crippen molar-refractivity contribution in [1.82, 2.24) is 0 Å². The lowest BCUT2D eigenvalue weighted by atomic mass is 10.1. The maximum absolute atomic E-state index is 11.8. The summed E-state index contributed by atoms with van der Waals surface area (Å²) in [6, 6.07) is 5.17. The fourth-order valence-electron chi connectivity index (χ4n) is 1.07. The summed E-state index contributed by atoms with van der Waals surface area (Å²) < 4.78 is 39.0. The van der Waals surface area contributed by atoms with Crippen LogP contribution in [0.15, 0.2) is 24.3 Å². The molecule has 0 heterocycles. The van der Waals surface area contributed by atoms with Gasteiger partial charge in [0.15, 0.2) is 0 Å². The summed E-state index contributed by atoms with van der Waals surface area (Å²) in [5, 5.41) is 8.83. The SMILES string of the molecule is NC(O)Cc1ccc(OC(F)(F)F)cc1. The Hall–Kier alpha value is -1.27. The number of halogens is 3. The van der Waals surface area contributed by atoms with Crippen molar-refractivity contribution in [3.05, 3.63) is 29.8 Å². The second-order valence-corrected chi connectivity index (χ2v) is 2.96. The highest BCUT2D eigenvalue weighted by molar-refractivity contribution is 5.27. The maximum Gasteiger partial charge on any atom is 0.573 e. The quantitative estimate of drug-likeness (QED) is 0.758. The first-order valence-electron chi connectivity index (χ1n) is 4.15. The molecule has 1 atom stereocenters. The third-order valence-corrected chi connectivity index (χ3v) is 1.60. The minimum atomic E-state index is -4.69. The van der Waals surface area contributed by atoms with E-state index in [1.165, 1.54) is 24.3 Å². The number of hydrogen-bond acceptors (Lipinski definition) is 3. The van der Waals surface area contributed by atoms with Crippen LogP contribution in [-0.4, -0.2) is 17.7 Å². The maximum atomic E-state index is 11.8. The molecule has 0 aromatic heterocycles. The molecule has 0 fully saturated rings. The first-order chi connectivity index (χ1) is 6.87. The molecule has 1 unspecified atom stereocenters. The molecular weight excluding hydrogens is 211 g/mol. The summed E-state index contributed by atoms with van der Waals surface area (Å²) in [7, 11) is 0. The number of alkyl halides is 3. The van der Waals surface area contributed by atoms with Crippen molar-refractivity contribution in [3.8, 4) is 5.75 Å². The van der Waals surface area contributed by atoms with Crippen LogP contribution < -0.4 is 10.5 Å². The zero-order valence-electron chi connectivity index (χ0n) is 7.66. The number of nitrogens with two attached hydrogens (primary N) is 1. The van der Waals surface area contributed by atoms with Gasteiger partial charge in [-0.15, -0.1) is 13.2 Å².